The van der Waals surface area contributed by atoms with Crippen LogP contribution in [-0.2, 0) is 9.47 Å². The lowest BCUT2D eigenvalue weighted by molar-refractivity contribution is -0.0167. The molecule has 0 radical (unpaired) electrons. The topological polar surface area (TPSA) is 113 Å². The van der Waals surface area contributed by atoms with E-state index in [-0.39, 0.29) is 30.9 Å². The largest absolute Gasteiger partial charge is 0.508 e. The molecule has 0 aliphatic heterocycles. The summed E-state index contributed by atoms with van der Waals surface area (Å²) in [6.07, 6.45) is -3.15. The summed E-state index contributed by atoms with van der Waals surface area (Å²) in [5.74, 6) is -0.363. The van der Waals surface area contributed by atoms with Crippen molar-refractivity contribution in [2.24, 2.45) is 0 Å². The Balaban J connectivity index is 0.000000400. The molecule has 0 amide bonds. The standard InChI is InChI=1S/C6HCl5O.C3H4O6/c7-1-2(8)4(10)6(12)5(11)3(1)9;4-2(5)8-1-9-3(6)7/h12H;1H2,(H,4,5)(H,6,7). The van der Waals surface area contributed by atoms with E-state index in [1.165, 1.54) is 0 Å². The molecule has 0 aliphatic carbocycles. The fraction of sp³-hybridized carbons (Fsp3) is 0.111. The van der Waals surface area contributed by atoms with Crippen molar-refractivity contribution in [3.8, 4) is 5.75 Å². The predicted octanol–water partition coefficient (Wildman–Crippen LogP) is 4.99. The maximum Gasteiger partial charge on any atom is 0.508 e. The minimum Gasteiger partial charge on any atom is -0.505 e. The number of aromatic hydroxyl groups is 1. The first-order valence-electron chi connectivity index (χ1n) is 4.51. The second-order valence-electron chi connectivity index (χ2n) is 2.86. The van der Waals surface area contributed by atoms with Crippen LogP contribution in [0.5, 0.6) is 5.75 Å². The number of phenolic OH excluding ortho intramolecular Hbond substituents is 1. The summed E-state index contributed by atoms with van der Waals surface area (Å²) in [5.41, 5.74) is 0. The van der Waals surface area contributed by atoms with Gasteiger partial charge in [0.15, 0.2) is 5.75 Å². The number of carboxylic acid groups (broad SMARTS) is 2. The molecule has 0 heterocycles. The van der Waals surface area contributed by atoms with Gasteiger partial charge in [-0.25, -0.2) is 9.59 Å². The molecule has 0 fully saturated rings. The van der Waals surface area contributed by atoms with Crippen LogP contribution in [0.2, 0.25) is 25.1 Å². The zero-order valence-electron chi connectivity index (χ0n) is 9.57. The van der Waals surface area contributed by atoms with Crippen LogP contribution in [0.3, 0.4) is 0 Å². The molecule has 1 aromatic carbocycles. The van der Waals surface area contributed by atoms with Gasteiger partial charge in [-0.05, 0) is 0 Å². The number of benzene rings is 1. The van der Waals surface area contributed by atoms with Gasteiger partial charge in [0, 0.05) is 0 Å². The third-order valence-corrected chi connectivity index (χ3v) is 3.81. The van der Waals surface area contributed by atoms with Gasteiger partial charge in [-0.2, -0.15) is 0 Å². The molecule has 0 bridgehead atoms. The van der Waals surface area contributed by atoms with E-state index in [0.717, 1.165) is 0 Å². The van der Waals surface area contributed by atoms with Crippen molar-refractivity contribution in [1.82, 2.24) is 0 Å². The lowest BCUT2D eigenvalue weighted by Gasteiger charge is -2.06. The van der Waals surface area contributed by atoms with Gasteiger partial charge in [-0.15, -0.1) is 0 Å². The molecule has 21 heavy (non-hydrogen) atoms. The van der Waals surface area contributed by atoms with Gasteiger partial charge in [0.1, 0.15) is 10.0 Å². The van der Waals surface area contributed by atoms with Crippen molar-refractivity contribution >= 4 is 70.3 Å². The van der Waals surface area contributed by atoms with Crippen LogP contribution in [0.15, 0.2) is 0 Å². The van der Waals surface area contributed by atoms with E-state index in [4.69, 9.17) is 68.2 Å². The number of hydrogen-bond donors (Lipinski definition) is 3. The van der Waals surface area contributed by atoms with Crippen molar-refractivity contribution in [1.29, 1.82) is 0 Å². The van der Waals surface area contributed by atoms with Crippen molar-refractivity contribution in [2.75, 3.05) is 6.79 Å². The molecule has 7 nitrogen and oxygen atoms in total. The summed E-state index contributed by atoms with van der Waals surface area (Å²) in [4.78, 5) is 19.0. The summed E-state index contributed by atoms with van der Waals surface area (Å²) in [5, 5.41) is 24.5. The second kappa shape index (κ2) is 9.11. The van der Waals surface area contributed by atoms with Crippen LogP contribution in [-0.4, -0.2) is 34.4 Å². The van der Waals surface area contributed by atoms with E-state index in [1.807, 2.05) is 0 Å². The minimum atomic E-state index is -1.57. The smallest absolute Gasteiger partial charge is 0.505 e. The molecular weight excluding hydrogens is 397 g/mol. The van der Waals surface area contributed by atoms with Gasteiger partial charge in [0.25, 0.3) is 0 Å². The molecular formula is C9H5Cl5O7. The van der Waals surface area contributed by atoms with E-state index >= 15 is 0 Å². The van der Waals surface area contributed by atoms with E-state index < -0.39 is 19.1 Å². The fourth-order valence-corrected chi connectivity index (χ4v) is 1.85. The van der Waals surface area contributed by atoms with Crippen LogP contribution in [0, 0.1) is 0 Å². The summed E-state index contributed by atoms with van der Waals surface area (Å²) in [6.45, 7) is -0.787. The van der Waals surface area contributed by atoms with Crippen molar-refractivity contribution < 1.29 is 34.4 Å². The highest BCUT2D eigenvalue weighted by atomic mass is 35.5. The molecule has 0 atom stereocenters. The van der Waals surface area contributed by atoms with E-state index in [9.17, 15) is 14.7 Å². The van der Waals surface area contributed by atoms with Crippen molar-refractivity contribution in [2.45, 2.75) is 0 Å². The van der Waals surface area contributed by atoms with Crippen LogP contribution < -0.4 is 0 Å². The van der Waals surface area contributed by atoms with Gasteiger partial charge >= 0.3 is 12.3 Å². The molecule has 0 aromatic heterocycles. The van der Waals surface area contributed by atoms with Gasteiger partial charge in [0.05, 0.1) is 15.1 Å². The number of hydrogen-bond acceptors (Lipinski definition) is 5. The number of phenols is 1. The normalized spacial score (nSPS) is 9.38. The number of carbonyl (C=O) groups is 2. The van der Waals surface area contributed by atoms with Gasteiger partial charge < -0.3 is 24.8 Å². The fourth-order valence-electron chi connectivity index (χ4n) is 0.724. The Labute approximate surface area is 142 Å². The molecule has 0 aliphatic rings. The highest BCUT2D eigenvalue weighted by molar-refractivity contribution is 6.55. The molecule has 3 N–H and O–H groups in total. The SMILES string of the molecule is O=C(O)OCOC(=O)O.Oc1c(Cl)c(Cl)c(Cl)c(Cl)c1Cl. The quantitative estimate of drug-likeness (QED) is 0.276. The van der Waals surface area contributed by atoms with Crippen LogP contribution in [0.25, 0.3) is 0 Å². The molecule has 0 spiro atoms. The molecule has 0 unspecified atom stereocenters. The highest BCUT2D eigenvalue weighted by Gasteiger charge is 2.18. The molecule has 1 aromatic rings. The summed E-state index contributed by atoms with van der Waals surface area (Å²) < 4.78 is 7.33. The van der Waals surface area contributed by atoms with Gasteiger partial charge in [-0.3, -0.25) is 0 Å². The average molecular weight is 402 g/mol. The number of rotatable bonds is 2. The Morgan fingerprint density at radius 3 is 1.33 bits per heavy atom. The van der Waals surface area contributed by atoms with Crippen LogP contribution in [0.4, 0.5) is 9.59 Å². The summed E-state index contributed by atoms with van der Waals surface area (Å²) >= 11 is 27.9. The maximum absolute atomic E-state index is 9.49. The Hall–Kier alpha value is -0.990. The zero-order chi connectivity index (χ0) is 16.7. The Morgan fingerprint density at radius 2 is 1.05 bits per heavy atom. The lowest BCUT2D eigenvalue weighted by atomic mass is 10.3. The minimum absolute atomic E-state index is 0.00904. The number of halogens is 5. The molecule has 1 rings (SSSR count). The Kier molecular flexibility index (Phi) is 8.68. The summed E-state index contributed by atoms with van der Waals surface area (Å²) in [7, 11) is 0. The molecule has 12 heteroatoms. The number of ether oxygens (including phenoxy) is 2. The Morgan fingerprint density at radius 1 is 0.762 bits per heavy atom. The molecule has 0 saturated carbocycles. The lowest BCUT2D eigenvalue weighted by Crippen LogP contribution is -2.08. The first-order chi connectivity index (χ1) is 9.59. The molecule has 0 saturated heterocycles. The summed E-state index contributed by atoms with van der Waals surface area (Å²) in [6, 6.07) is 0. The van der Waals surface area contributed by atoms with E-state index in [0.29, 0.717) is 0 Å². The third kappa shape index (κ3) is 6.54. The van der Waals surface area contributed by atoms with E-state index in [1.54, 1.807) is 0 Å². The monoisotopic (exact) mass is 400 g/mol. The third-order valence-electron chi connectivity index (χ3n) is 1.55. The molecule has 118 valence electrons. The Bertz CT molecular complexity index is 429. The first-order valence-corrected chi connectivity index (χ1v) is 6.40. The highest BCUT2D eigenvalue weighted by Crippen LogP contribution is 2.47. The average Bonchev–Trinajstić information content (AvgIpc) is 2.41. The zero-order valence-corrected chi connectivity index (χ0v) is 13.4. The van der Waals surface area contributed by atoms with Gasteiger partial charge in [-0.1, -0.05) is 58.0 Å². The second-order valence-corrected chi connectivity index (χ2v) is 4.75. The predicted molar refractivity (Wildman–Crippen MR) is 76.2 cm³/mol. The first kappa shape index (κ1) is 20.0. The van der Waals surface area contributed by atoms with Crippen LogP contribution >= 0.6 is 58.0 Å². The van der Waals surface area contributed by atoms with Crippen molar-refractivity contribution in [3.05, 3.63) is 25.1 Å². The van der Waals surface area contributed by atoms with E-state index in [2.05, 4.69) is 9.47 Å². The van der Waals surface area contributed by atoms with Crippen LogP contribution in [0.1, 0.15) is 0 Å². The maximum atomic E-state index is 9.49. The van der Waals surface area contributed by atoms with Crippen molar-refractivity contribution in [3.63, 3.8) is 0 Å². The van der Waals surface area contributed by atoms with Gasteiger partial charge in [0.2, 0.25) is 6.79 Å².